The number of carbonyl (C=O) groups is 1. The third-order valence-corrected chi connectivity index (χ3v) is 5.65. The number of nitrogens with one attached hydrogen (secondary N) is 1. The molecule has 11 heteroatoms. The lowest BCUT2D eigenvalue weighted by molar-refractivity contribution is -0.115. The zero-order valence-corrected chi connectivity index (χ0v) is 17.5. The highest BCUT2D eigenvalue weighted by Gasteiger charge is 2.20. The highest BCUT2D eigenvalue weighted by molar-refractivity contribution is 8.00. The van der Waals surface area contributed by atoms with Gasteiger partial charge in [-0.25, -0.2) is 0 Å². The molecule has 0 saturated carbocycles. The number of aromatic nitrogens is 5. The normalized spacial score (nSPS) is 11.9. The van der Waals surface area contributed by atoms with Crippen LogP contribution >= 0.6 is 23.1 Å². The van der Waals surface area contributed by atoms with Gasteiger partial charge in [-0.2, -0.15) is 0 Å². The number of hydrogen-bond acceptors (Lipinski definition) is 9. The number of thioether (sulfide) groups is 1. The smallest absolute Gasteiger partial charge is 0.239 e. The fraction of sp³-hybridized carbons (Fsp3) is 0.353. The summed E-state index contributed by atoms with van der Waals surface area (Å²) in [5.41, 5.74) is 0. The maximum absolute atomic E-state index is 12.3. The van der Waals surface area contributed by atoms with Crippen LogP contribution in [0.25, 0.3) is 0 Å². The number of para-hydroxylation sites is 2. The molecule has 0 spiro atoms. The monoisotopic (exact) mass is 420 g/mol. The number of nitrogens with zero attached hydrogens (tertiary/aromatic N) is 5. The standard InChI is InChI=1S/C17H20N6O3S2/c1-10(15(24)18-16-21-19-11(2)28-16)27-17-22-20-14(23(17)3)9-26-13-8-6-5-7-12(13)25-4/h5-8,10H,9H2,1-4H3,(H,18,21,24). The lowest BCUT2D eigenvalue weighted by Crippen LogP contribution is -2.22. The molecule has 1 atom stereocenters. The molecule has 1 N–H and O–H groups in total. The van der Waals surface area contributed by atoms with Crippen LogP contribution < -0.4 is 14.8 Å². The van der Waals surface area contributed by atoms with Gasteiger partial charge in [0.05, 0.1) is 12.4 Å². The SMILES string of the molecule is COc1ccccc1OCc1nnc(SC(C)C(=O)Nc2nnc(C)s2)n1C. The Labute approximate surface area is 170 Å². The molecule has 0 aliphatic heterocycles. The molecule has 3 aromatic rings. The van der Waals surface area contributed by atoms with Crippen LogP contribution in [-0.4, -0.2) is 43.2 Å². The first kappa shape index (κ1) is 20.1. The summed E-state index contributed by atoms with van der Waals surface area (Å²) < 4.78 is 12.9. The average Bonchev–Trinajstić information content (AvgIpc) is 3.25. The molecule has 2 heterocycles. The van der Waals surface area contributed by atoms with E-state index >= 15 is 0 Å². The van der Waals surface area contributed by atoms with E-state index in [2.05, 4.69) is 25.7 Å². The second kappa shape index (κ2) is 9.02. The Morgan fingerprint density at radius 3 is 2.68 bits per heavy atom. The van der Waals surface area contributed by atoms with Crippen LogP contribution in [0.1, 0.15) is 17.8 Å². The lowest BCUT2D eigenvalue weighted by Gasteiger charge is -2.11. The average molecular weight is 421 g/mol. The Bertz CT molecular complexity index is 958. The van der Waals surface area contributed by atoms with Gasteiger partial charge in [-0.15, -0.1) is 20.4 Å². The van der Waals surface area contributed by atoms with Crippen LogP contribution in [0.4, 0.5) is 5.13 Å². The van der Waals surface area contributed by atoms with Crippen LogP contribution in [0.15, 0.2) is 29.4 Å². The number of aryl methyl sites for hydroxylation is 1. The molecule has 148 valence electrons. The van der Waals surface area contributed by atoms with E-state index in [1.807, 2.05) is 38.2 Å². The van der Waals surface area contributed by atoms with Gasteiger partial charge in [-0.1, -0.05) is 35.2 Å². The third kappa shape index (κ3) is 4.78. The predicted molar refractivity (Wildman–Crippen MR) is 107 cm³/mol. The summed E-state index contributed by atoms with van der Waals surface area (Å²) in [4.78, 5) is 12.3. The topological polar surface area (TPSA) is 104 Å². The largest absolute Gasteiger partial charge is 0.493 e. The van der Waals surface area contributed by atoms with Gasteiger partial charge in [0, 0.05) is 7.05 Å². The molecule has 28 heavy (non-hydrogen) atoms. The summed E-state index contributed by atoms with van der Waals surface area (Å²) in [6, 6.07) is 7.40. The van der Waals surface area contributed by atoms with Crippen molar-refractivity contribution in [2.24, 2.45) is 7.05 Å². The van der Waals surface area contributed by atoms with Crippen molar-refractivity contribution in [3.8, 4) is 11.5 Å². The van der Waals surface area contributed by atoms with E-state index < -0.39 is 0 Å². The molecule has 9 nitrogen and oxygen atoms in total. The minimum Gasteiger partial charge on any atom is -0.493 e. The van der Waals surface area contributed by atoms with Gasteiger partial charge < -0.3 is 14.0 Å². The molecule has 0 radical (unpaired) electrons. The molecule has 0 aliphatic rings. The fourth-order valence-corrected chi connectivity index (χ4v) is 3.65. The van der Waals surface area contributed by atoms with Crippen molar-refractivity contribution < 1.29 is 14.3 Å². The fourth-order valence-electron chi connectivity index (χ4n) is 2.22. The Balaban J connectivity index is 1.60. The van der Waals surface area contributed by atoms with Crippen LogP contribution in [0, 0.1) is 6.92 Å². The van der Waals surface area contributed by atoms with Crippen molar-refractivity contribution in [3.05, 3.63) is 35.1 Å². The molecule has 1 amide bonds. The third-order valence-electron chi connectivity index (χ3n) is 3.76. The molecular formula is C17H20N6O3S2. The van der Waals surface area contributed by atoms with E-state index in [1.54, 1.807) is 18.6 Å². The molecule has 0 saturated heterocycles. The molecule has 1 aromatic carbocycles. The molecule has 2 aromatic heterocycles. The van der Waals surface area contributed by atoms with Crippen molar-refractivity contribution in [1.29, 1.82) is 0 Å². The van der Waals surface area contributed by atoms with Crippen LogP contribution in [-0.2, 0) is 18.4 Å². The number of rotatable bonds is 8. The number of hydrogen-bond donors (Lipinski definition) is 1. The molecule has 0 fully saturated rings. The van der Waals surface area contributed by atoms with Gasteiger partial charge in [-0.3, -0.25) is 10.1 Å². The Morgan fingerprint density at radius 1 is 1.25 bits per heavy atom. The summed E-state index contributed by atoms with van der Waals surface area (Å²) >= 11 is 2.64. The Hall–Kier alpha value is -2.66. The Kier molecular flexibility index (Phi) is 6.47. The van der Waals surface area contributed by atoms with Gasteiger partial charge >= 0.3 is 0 Å². The summed E-state index contributed by atoms with van der Waals surface area (Å²) in [6.07, 6.45) is 0. The van der Waals surface area contributed by atoms with E-state index in [9.17, 15) is 4.79 Å². The lowest BCUT2D eigenvalue weighted by atomic mass is 10.3. The van der Waals surface area contributed by atoms with Gasteiger partial charge in [0.25, 0.3) is 0 Å². The minimum absolute atomic E-state index is 0.170. The zero-order chi connectivity index (χ0) is 20.1. The summed E-state index contributed by atoms with van der Waals surface area (Å²) in [5, 5.41) is 20.4. The number of benzene rings is 1. The van der Waals surface area contributed by atoms with E-state index in [0.717, 1.165) is 5.01 Å². The second-order valence-corrected chi connectivity index (χ2v) is 8.26. The number of methoxy groups -OCH3 is 1. The molecule has 0 bridgehead atoms. The zero-order valence-electron chi connectivity index (χ0n) is 15.9. The molecular weight excluding hydrogens is 400 g/mol. The highest BCUT2D eigenvalue weighted by Crippen LogP contribution is 2.27. The summed E-state index contributed by atoms with van der Waals surface area (Å²) in [6.45, 7) is 3.86. The van der Waals surface area contributed by atoms with E-state index in [1.165, 1.54) is 23.1 Å². The summed E-state index contributed by atoms with van der Waals surface area (Å²) in [7, 11) is 3.43. The Morgan fingerprint density at radius 2 is 2.00 bits per heavy atom. The van der Waals surface area contributed by atoms with Crippen molar-refractivity contribution in [3.63, 3.8) is 0 Å². The first-order chi connectivity index (χ1) is 13.5. The van der Waals surface area contributed by atoms with Crippen LogP contribution in [0.2, 0.25) is 0 Å². The first-order valence-electron chi connectivity index (χ1n) is 8.39. The maximum Gasteiger partial charge on any atom is 0.239 e. The number of amides is 1. The maximum atomic E-state index is 12.3. The second-order valence-electron chi connectivity index (χ2n) is 5.77. The van der Waals surface area contributed by atoms with Gasteiger partial charge in [0.1, 0.15) is 11.6 Å². The van der Waals surface area contributed by atoms with Crippen LogP contribution in [0.3, 0.4) is 0 Å². The van der Waals surface area contributed by atoms with Crippen molar-refractivity contribution in [1.82, 2.24) is 25.0 Å². The van der Waals surface area contributed by atoms with E-state index in [-0.39, 0.29) is 17.8 Å². The van der Waals surface area contributed by atoms with Gasteiger partial charge in [0.2, 0.25) is 11.0 Å². The number of ether oxygens (including phenoxy) is 2. The van der Waals surface area contributed by atoms with Crippen molar-refractivity contribution in [2.45, 2.75) is 30.9 Å². The van der Waals surface area contributed by atoms with E-state index in [4.69, 9.17) is 9.47 Å². The molecule has 1 unspecified atom stereocenters. The van der Waals surface area contributed by atoms with Crippen molar-refractivity contribution in [2.75, 3.05) is 12.4 Å². The minimum atomic E-state index is -0.380. The number of anilines is 1. The number of carbonyl (C=O) groups excluding carboxylic acids is 1. The summed E-state index contributed by atoms with van der Waals surface area (Å²) in [5.74, 6) is 1.75. The predicted octanol–water partition coefficient (Wildman–Crippen LogP) is 2.68. The van der Waals surface area contributed by atoms with Crippen molar-refractivity contribution >= 4 is 34.1 Å². The van der Waals surface area contributed by atoms with Gasteiger partial charge in [-0.05, 0) is 26.0 Å². The van der Waals surface area contributed by atoms with E-state index in [0.29, 0.717) is 27.6 Å². The quantitative estimate of drug-likeness (QED) is 0.555. The molecule has 3 rings (SSSR count). The van der Waals surface area contributed by atoms with Gasteiger partial charge in [0.15, 0.2) is 22.5 Å². The molecule has 0 aliphatic carbocycles. The first-order valence-corrected chi connectivity index (χ1v) is 10.1. The highest BCUT2D eigenvalue weighted by atomic mass is 32.2. The van der Waals surface area contributed by atoms with Crippen LogP contribution in [0.5, 0.6) is 11.5 Å².